The SMILES string of the molecule is NC(=O)c1cnccc1NCCN(Cc1ccccc1)c1ccccn1. The molecule has 0 unspecified atom stereocenters. The fourth-order valence-electron chi connectivity index (χ4n) is 2.69. The van der Waals surface area contributed by atoms with Crippen LogP contribution in [0.5, 0.6) is 0 Å². The number of benzene rings is 1. The van der Waals surface area contributed by atoms with Crippen molar-refractivity contribution in [3.63, 3.8) is 0 Å². The largest absolute Gasteiger partial charge is 0.383 e. The van der Waals surface area contributed by atoms with E-state index in [-0.39, 0.29) is 0 Å². The average molecular weight is 347 g/mol. The molecule has 0 bridgehead atoms. The number of hydrogen-bond donors (Lipinski definition) is 2. The molecule has 3 rings (SSSR count). The number of anilines is 2. The van der Waals surface area contributed by atoms with Crippen molar-refractivity contribution in [2.24, 2.45) is 5.73 Å². The maximum absolute atomic E-state index is 11.5. The van der Waals surface area contributed by atoms with E-state index in [9.17, 15) is 4.79 Å². The van der Waals surface area contributed by atoms with Gasteiger partial charge in [-0.25, -0.2) is 4.98 Å². The first-order valence-corrected chi connectivity index (χ1v) is 8.41. The summed E-state index contributed by atoms with van der Waals surface area (Å²) in [5.74, 6) is 0.412. The number of aromatic nitrogens is 2. The van der Waals surface area contributed by atoms with Crippen LogP contribution >= 0.6 is 0 Å². The van der Waals surface area contributed by atoms with E-state index in [0.717, 1.165) is 12.4 Å². The molecule has 1 amide bonds. The zero-order chi connectivity index (χ0) is 18.2. The number of nitrogens with one attached hydrogen (secondary N) is 1. The summed E-state index contributed by atoms with van der Waals surface area (Å²) in [6.45, 7) is 2.10. The highest BCUT2D eigenvalue weighted by Crippen LogP contribution is 2.15. The first-order chi connectivity index (χ1) is 12.7. The van der Waals surface area contributed by atoms with E-state index in [1.165, 1.54) is 11.8 Å². The summed E-state index contributed by atoms with van der Waals surface area (Å²) in [4.78, 5) is 22.1. The Hall–Kier alpha value is -3.41. The van der Waals surface area contributed by atoms with Crippen molar-refractivity contribution < 1.29 is 4.79 Å². The van der Waals surface area contributed by atoms with E-state index < -0.39 is 5.91 Å². The predicted octanol–water partition coefficient (Wildman–Crippen LogP) is 2.69. The summed E-state index contributed by atoms with van der Waals surface area (Å²) in [5.41, 5.74) is 7.69. The minimum absolute atomic E-state index is 0.389. The Morgan fingerprint density at radius 3 is 2.58 bits per heavy atom. The van der Waals surface area contributed by atoms with Gasteiger partial charge in [0.15, 0.2) is 0 Å². The fraction of sp³-hybridized carbons (Fsp3) is 0.150. The second-order valence-corrected chi connectivity index (χ2v) is 5.81. The van der Waals surface area contributed by atoms with Crippen molar-refractivity contribution in [2.45, 2.75) is 6.54 Å². The monoisotopic (exact) mass is 347 g/mol. The molecule has 0 aliphatic rings. The maximum atomic E-state index is 11.5. The molecule has 0 atom stereocenters. The first kappa shape index (κ1) is 17.4. The summed E-state index contributed by atoms with van der Waals surface area (Å²) in [6, 6.07) is 17.9. The molecule has 0 aliphatic heterocycles. The van der Waals surface area contributed by atoms with Gasteiger partial charge in [-0.2, -0.15) is 0 Å². The van der Waals surface area contributed by atoms with Gasteiger partial charge in [0.2, 0.25) is 0 Å². The van der Waals surface area contributed by atoms with Crippen molar-refractivity contribution in [1.82, 2.24) is 9.97 Å². The van der Waals surface area contributed by atoms with Crippen LogP contribution in [0.15, 0.2) is 73.2 Å². The van der Waals surface area contributed by atoms with E-state index in [1.807, 2.05) is 36.4 Å². The van der Waals surface area contributed by atoms with Gasteiger partial charge in [-0.05, 0) is 23.8 Å². The van der Waals surface area contributed by atoms with Gasteiger partial charge < -0.3 is 16.0 Å². The Balaban J connectivity index is 1.70. The molecule has 0 fully saturated rings. The van der Waals surface area contributed by atoms with Gasteiger partial charge >= 0.3 is 0 Å². The van der Waals surface area contributed by atoms with Crippen LogP contribution in [0.25, 0.3) is 0 Å². The lowest BCUT2D eigenvalue weighted by molar-refractivity contribution is 0.100. The van der Waals surface area contributed by atoms with Gasteiger partial charge in [0.25, 0.3) is 5.91 Å². The van der Waals surface area contributed by atoms with Crippen molar-refractivity contribution in [1.29, 1.82) is 0 Å². The fourth-order valence-corrected chi connectivity index (χ4v) is 2.69. The van der Waals surface area contributed by atoms with Crippen molar-refractivity contribution in [2.75, 3.05) is 23.3 Å². The van der Waals surface area contributed by atoms with Crippen LogP contribution < -0.4 is 16.0 Å². The van der Waals surface area contributed by atoms with Gasteiger partial charge in [-0.1, -0.05) is 36.4 Å². The topological polar surface area (TPSA) is 84.1 Å². The Bertz CT molecular complexity index is 839. The van der Waals surface area contributed by atoms with Crippen LogP contribution in [0.1, 0.15) is 15.9 Å². The van der Waals surface area contributed by atoms with Crippen molar-refractivity contribution >= 4 is 17.4 Å². The van der Waals surface area contributed by atoms with Crippen LogP contribution in [0.3, 0.4) is 0 Å². The lowest BCUT2D eigenvalue weighted by Gasteiger charge is -2.24. The third kappa shape index (κ3) is 4.57. The van der Waals surface area contributed by atoms with Crippen molar-refractivity contribution in [3.8, 4) is 0 Å². The third-order valence-electron chi connectivity index (χ3n) is 3.97. The molecule has 0 saturated heterocycles. The highest BCUT2D eigenvalue weighted by atomic mass is 16.1. The van der Waals surface area contributed by atoms with E-state index in [2.05, 4.69) is 32.3 Å². The molecule has 0 aliphatic carbocycles. The number of nitrogens with two attached hydrogens (primary N) is 1. The van der Waals surface area contributed by atoms with Gasteiger partial charge in [0, 0.05) is 38.2 Å². The molecule has 0 saturated carbocycles. The summed E-state index contributed by atoms with van der Waals surface area (Å²) >= 11 is 0. The standard InChI is InChI=1S/C20H21N5O/c21-20(26)17-14-22-11-9-18(17)23-12-13-25(19-8-4-5-10-24-19)15-16-6-2-1-3-7-16/h1-11,14H,12-13,15H2,(H2,21,26)(H,22,23). The molecule has 3 aromatic rings. The molecule has 26 heavy (non-hydrogen) atoms. The molecule has 3 N–H and O–H groups in total. The highest BCUT2D eigenvalue weighted by Gasteiger charge is 2.10. The highest BCUT2D eigenvalue weighted by molar-refractivity contribution is 5.98. The lowest BCUT2D eigenvalue weighted by Crippen LogP contribution is -2.29. The number of nitrogens with zero attached hydrogens (tertiary/aromatic N) is 3. The van der Waals surface area contributed by atoms with Crippen LogP contribution in [0, 0.1) is 0 Å². The number of pyridine rings is 2. The molecule has 0 spiro atoms. The van der Waals surface area contributed by atoms with Gasteiger partial charge in [-0.3, -0.25) is 9.78 Å². The lowest BCUT2D eigenvalue weighted by atomic mass is 10.2. The van der Waals surface area contributed by atoms with Crippen LogP contribution in [-0.2, 0) is 6.54 Å². The molecular formula is C20H21N5O. The number of hydrogen-bond acceptors (Lipinski definition) is 5. The zero-order valence-electron chi connectivity index (χ0n) is 14.4. The molecule has 6 heteroatoms. The Morgan fingerprint density at radius 1 is 1.04 bits per heavy atom. The molecule has 0 radical (unpaired) electrons. The quantitative estimate of drug-likeness (QED) is 0.654. The summed E-state index contributed by atoms with van der Waals surface area (Å²) in [5, 5.41) is 3.27. The Kier molecular flexibility index (Phi) is 5.77. The second kappa shape index (κ2) is 8.62. The Morgan fingerprint density at radius 2 is 1.85 bits per heavy atom. The first-order valence-electron chi connectivity index (χ1n) is 8.41. The minimum Gasteiger partial charge on any atom is -0.383 e. The van der Waals surface area contributed by atoms with Crippen molar-refractivity contribution in [3.05, 3.63) is 84.3 Å². The molecule has 2 heterocycles. The molecule has 6 nitrogen and oxygen atoms in total. The van der Waals surface area contributed by atoms with E-state index in [1.54, 1.807) is 18.5 Å². The maximum Gasteiger partial charge on any atom is 0.252 e. The van der Waals surface area contributed by atoms with E-state index in [4.69, 9.17) is 5.73 Å². The zero-order valence-corrected chi connectivity index (χ0v) is 14.4. The third-order valence-corrected chi connectivity index (χ3v) is 3.97. The number of carbonyl (C=O) groups excluding carboxylic acids is 1. The molecule has 2 aromatic heterocycles. The molecular weight excluding hydrogens is 326 g/mol. The average Bonchev–Trinajstić information content (AvgIpc) is 2.69. The molecule has 132 valence electrons. The molecule has 1 aromatic carbocycles. The van der Waals surface area contributed by atoms with Gasteiger partial charge in [-0.15, -0.1) is 0 Å². The summed E-state index contributed by atoms with van der Waals surface area (Å²) < 4.78 is 0. The van der Waals surface area contributed by atoms with Gasteiger partial charge in [0.05, 0.1) is 11.3 Å². The van der Waals surface area contributed by atoms with Gasteiger partial charge in [0.1, 0.15) is 5.82 Å². The number of primary amides is 1. The normalized spacial score (nSPS) is 10.3. The van der Waals surface area contributed by atoms with Crippen LogP contribution in [0.2, 0.25) is 0 Å². The van der Waals surface area contributed by atoms with E-state index >= 15 is 0 Å². The number of rotatable bonds is 8. The summed E-state index contributed by atoms with van der Waals surface area (Å²) in [7, 11) is 0. The van der Waals surface area contributed by atoms with Crippen LogP contribution in [-0.4, -0.2) is 29.0 Å². The summed E-state index contributed by atoms with van der Waals surface area (Å²) in [6.07, 6.45) is 4.90. The minimum atomic E-state index is -0.494. The number of amides is 1. The Labute approximate surface area is 152 Å². The smallest absolute Gasteiger partial charge is 0.252 e. The number of carbonyl (C=O) groups is 1. The van der Waals surface area contributed by atoms with Crippen LogP contribution in [0.4, 0.5) is 11.5 Å². The van der Waals surface area contributed by atoms with E-state index in [0.29, 0.717) is 24.3 Å². The predicted molar refractivity (Wildman–Crippen MR) is 103 cm³/mol. The second-order valence-electron chi connectivity index (χ2n) is 5.81.